The first-order valence-electron chi connectivity index (χ1n) is 6.18. The molecule has 1 N–H and O–H groups in total. The minimum atomic E-state index is 0.00998. The van der Waals surface area contributed by atoms with E-state index >= 15 is 0 Å². The van der Waals surface area contributed by atoms with Gasteiger partial charge in [-0.25, -0.2) is 0 Å². The van der Waals surface area contributed by atoms with Crippen molar-refractivity contribution in [2.45, 2.75) is 45.2 Å². The third kappa shape index (κ3) is 2.14. The predicted octanol–water partition coefficient (Wildman–Crippen LogP) is 1.55. The van der Waals surface area contributed by atoms with Crippen LogP contribution in [0.2, 0.25) is 0 Å². The number of nitrogens with one attached hydrogen (secondary N) is 1. The van der Waals surface area contributed by atoms with Gasteiger partial charge in [0, 0.05) is 6.54 Å². The minimum Gasteiger partial charge on any atom is -0.334 e. The van der Waals surface area contributed by atoms with E-state index in [0.29, 0.717) is 6.04 Å². The highest BCUT2D eigenvalue weighted by Crippen LogP contribution is 2.31. The Morgan fingerprint density at radius 2 is 2.19 bits per heavy atom. The number of hydrogen-bond acceptors (Lipinski definition) is 2. The lowest BCUT2D eigenvalue weighted by atomic mass is 9.87. The molecule has 3 heteroatoms. The Kier molecular flexibility index (Phi) is 3.06. The van der Waals surface area contributed by atoms with Crippen molar-refractivity contribution in [3.05, 3.63) is 12.2 Å². The first-order chi connectivity index (χ1) is 7.53. The van der Waals surface area contributed by atoms with E-state index < -0.39 is 0 Å². The molecule has 1 heterocycles. The van der Waals surface area contributed by atoms with Crippen LogP contribution in [0.5, 0.6) is 0 Å². The van der Waals surface area contributed by atoms with Gasteiger partial charge in [-0.05, 0) is 31.7 Å². The summed E-state index contributed by atoms with van der Waals surface area (Å²) in [6, 6.07) is 0.358. The van der Waals surface area contributed by atoms with Gasteiger partial charge in [0.05, 0.1) is 12.1 Å². The van der Waals surface area contributed by atoms with Crippen LogP contribution < -0.4 is 5.32 Å². The monoisotopic (exact) mass is 222 g/mol. The van der Waals surface area contributed by atoms with Crippen molar-refractivity contribution in [2.24, 2.45) is 5.41 Å². The number of hydrogen-bond donors (Lipinski definition) is 1. The number of nitrogens with zero attached hydrogens (tertiary/aromatic N) is 1. The van der Waals surface area contributed by atoms with Crippen molar-refractivity contribution in [2.75, 3.05) is 13.6 Å². The van der Waals surface area contributed by atoms with E-state index in [1.807, 2.05) is 7.05 Å². The molecule has 90 valence electrons. The molecule has 1 amide bonds. The van der Waals surface area contributed by atoms with Crippen LogP contribution in [0.25, 0.3) is 0 Å². The lowest BCUT2D eigenvalue weighted by Crippen LogP contribution is -2.50. The fraction of sp³-hybridized carbons (Fsp3) is 0.769. The fourth-order valence-corrected chi connectivity index (χ4v) is 2.51. The second-order valence-corrected chi connectivity index (χ2v) is 5.74. The largest absolute Gasteiger partial charge is 0.334 e. The number of amides is 1. The summed E-state index contributed by atoms with van der Waals surface area (Å²) in [5.41, 5.74) is 0.241. The molecule has 1 saturated heterocycles. The second-order valence-electron chi connectivity index (χ2n) is 5.74. The maximum Gasteiger partial charge on any atom is 0.240 e. The van der Waals surface area contributed by atoms with Crippen molar-refractivity contribution < 1.29 is 4.79 Å². The standard InChI is InChI=1S/C13H22N2O/c1-13(2)8-7-11(14-3)12(16)15(9-13)10-5-4-6-10/h4-5,10-11,14H,6-9H2,1-3H3. The van der Waals surface area contributed by atoms with Gasteiger partial charge in [-0.15, -0.1) is 0 Å². The molecule has 1 aliphatic carbocycles. The molecular formula is C13H22N2O. The Labute approximate surface area is 97.9 Å². The van der Waals surface area contributed by atoms with Gasteiger partial charge in [-0.1, -0.05) is 26.0 Å². The quantitative estimate of drug-likeness (QED) is 0.719. The molecule has 0 aromatic heterocycles. The van der Waals surface area contributed by atoms with Gasteiger partial charge in [0.15, 0.2) is 0 Å². The first-order valence-corrected chi connectivity index (χ1v) is 6.18. The van der Waals surface area contributed by atoms with Crippen molar-refractivity contribution >= 4 is 5.91 Å². The Morgan fingerprint density at radius 1 is 1.50 bits per heavy atom. The highest BCUT2D eigenvalue weighted by atomic mass is 16.2. The predicted molar refractivity (Wildman–Crippen MR) is 65.1 cm³/mol. The van der Waals surface area contributed by atoms with Crippen LogP contribution in [-0.2, 0) is 4.79 Å². The molecule has 2 atom stereocenters. The lowest BCUT2D eigenvalue weighted by Gasteiger charge is -2.37. The summed E-state index contributed by atoms with van der Waals surface area (Å²) in [7, 11) is 1.88. The van der Waals surface area contributed by atoms with E-state index in [9.17, 15) is 4.79 Å². The van der Waals surface area contributed by atoms with Crippen LogP contribution in [-0.4, -0.2) is 36.5 Å². The van der Waals surface area contributed by atoms with E-state index in [0.717, 1.165) is 25.8 Å². The van der Waals surface area contributed by atoms with Crippen molar-refractivity contribution in [3.63, 3.8) is 0 Å². The Bertz CT molecular complexity index is 309. The number of likely N-dealkylation sites (tertiary alicyclic amines) is 1. The third-order valence-corrected chi connectivity index (χ3v) is 3.77. The zero-order valence-corrected chi connectivity index (χ0v) is 10.5. The Hall–Kier alpha value is -0.830. The Balaban J connectivity index is 2.17. The van der Waals surface area contributed by atoms with Crippen LogP contribution in [0, 0.1) is 5.41 Å². The van der Waals surface area contributed by atoms with Gasteiger partial charge in [0.1, 0.15) is 0 Å². The van der Waals surface area contributed by atoms with Crippen molar-refractivity contribution in [3.8, 4) is 0 Å². The maximum absolute atomic E-state index is 12.3. The molecule has 3 nitrogen and oxygen atoms in total. The van der Waals surface area contributed by atoms with Gasteiger partial charge < -0.3 is 10.2 Å². The summed E-state index contributed by atoms with van der Waals surface area (Å²) in [5.74, 6) is 0.280. The SMILES string of the molecule is CNC1CCC(C)(C)CN(C2C=CC2)C1=O. The van der Waals surface area contributed by atoms with Gasteiger partial charge in [0.2, 0.25) is 5.91 Å². The van der Waals surface area contributed by atoms with Crippen molar-refractivity contribution in [1.82, 2.24) is 10.2 Å². The molecule has 2 rings (SSSR count). The summed E-state index contributed by atoms with van der Waals surface area (Å²) in [6.45, 7) is 5.40. The first kappa shape index (κ1) is 11.6. The van der Waals surface area contributed by atoms with E-state index in [1.54, 1.807) is 0 Å². The summed E-state index contributed by atoms with van der Waals surface area (Å²) >= 11 is 0. The molecule has 0 spiro atoms. The summed E-state index contributed by atoms with van der Waals surface area (Å²) in [6.07, 6.45) is 7.38. The van der Waals surface area contributed by atoms with Crippen molar-refractivity contribution in [1.29, 1.82) is 0 Å². The van der Waals surface area contributed by atoms with Crippen LogP contribution in [0.4, 0.5) is 0 Å². The zero-order valence-electron chi connectivity index (χ0n) is 10.5. The summed E-state index contributed by atoms with van der Waals surface area (Å²) < 4.78 is 0. The molecule has 1 fully saturated rings. The molecule has 0 saturated carbocycles. The molecular weight excluding hydrogens is 200 g/mol. The zero-order chi connectivity index (χ0) is 11.8. The van der Waals surface area contributed by atoms with Gasteiger partial charge in [0.25, 0.3) is 0 Å². The lowest BCUT2D eigenvalue weighted by molar-refractivity contribution is -0.135. The molecule has 0 radical (unpaired) electrons. The molecule has 2 unspecified atom stereocenters. The average Bonchev–Trinajstić information content (AvgIpc) is 2.23. The molecule has 0 aromatic rings. The molecule has 2 aliphatic rings. The number of rotatable bonds is 2. The fourth-order valence-electron chi connectivity index (χ4n) is 2.51. The maximum atomic E-state index is 12.3. The average molecular weight is 222 g/mol. The molecule has 16 heavy (non-hydrogen) atoms. The Morgan fingerprint density at radius 3 is 2.69 bits per heavy atom. The van der Waals surface area contributed by atoms with E-state index in [4.69, 9.17) is 0 Å². The third-order valence-electron chi connectivity index (χ3n) is 3.77. The van der Waals surface area contributed by atoms with Gasteiger partial charge >= 0.3 is 0 Å². The van der Waals surface area contributed by atoms with Gasteiger partial charge in [-0.2, -0.15) is 0 Å². The molecule has 0 aromatic carbocycles. The summed E-state index contributed by atoms with van der Waals surface area (Å²) in [4.78, 5) is 14.4. The number of likely N-dealkylation sites (N-methyl/N-ethyl adjacent to an activating group) is 1. The van der Waals surface area contributed by atoms with Crippen LogP contribution in [0.15, 0.2) is 12.2 Å². The molecule has 1 aliphatic heterocycles. The second kappa shape index (κ2) is 4.21. The van der Waals surface area contributed by atoms with E-state index in [2.05, 4.69) is 36.2 Å². The topological polar surface area (TPSA) is 32.3 Å². The van der Waals surface area contributed by atoms with Crippen LogP contribution >= 0.6 is 0 Å². The highest BCUT2D eigenvalue weighted by Gasteiger charge is 2.37. The van der Waals surface area contributed by atoms with E-state index in [-0.39, 0.29) is 17.4 Å². The van der Waals surface area contributed by atoms with Crippen LogP contribution in [0.3, 0.4) is 0 Å². The smallest absolute Gasteiger partial charge is 0.240 e. The number of carbonyl (C=O) groups is 1. The van der Waals surface area contributed by atoms with E-state index in [1.165, 1.54) is 0 Å². The molecule has 0 bridgehead atoms. The highest BCUT2D eigenvalue weighted by molar-refractivity contribution is 5.83. The van der Waals surface area contributed by atoms with Gasteiger partial charge in [-0.3, -0.25) is 4.79 Å². The minimum absolute atomic E-state index is 0.00998. The summed E-state index contributed by atoms with van der Waals surface area (Å²) in [5, 5.41) is 3.15. The number of carbonyl (C=O) groups excluding carboxylic acids is 1. The van der Waals surface area contributed by atoms with Crippen LogP contribution in [0.1, 0.15) is 33.1 Å². The normalized spacial score (nSPS) is 33.4.